The maximum absolute atomic E-state index is 12.0. The number of hydrogen-bond donors (Lipinski definition) is 1. The Morgan fingerprint density at radius 3 is 2.26 bits per heavy atom. The number of anilines is 1. The highest BCUT2D eigenvalue weighted by molar-refractivity contribution is 7.87. The van der Waals surface area contributed by atoms with Crippen molar-refractivity contribution in [1.29, 1.82) is 0 Å². The predicted octanol–water partition coefficient (Wildman–Crippen LogP) is 0.436. The zero-order valence-electron chi connectivity index (χ0n) is 11.3. The molecule has 1 rings (SSSR count). The van der Waals surface area contributed by atoms with Gasteiger partial charge in [-0.2, -0.15) is 17.4 Å². The van der Waals surface area contributed by atoms with Crippen molar-refractivity contribution in [3.8, 4) is 0 Å². The molecule has 1 amide bonds. The number of amides is 1. The molecule has 0 aromatic heterocycles. The molecule has 1 aromatic rings. The van der Waals surface area contributed by atoms with Gasteiger partial charge < -0.3 is 4.90 Å². The number of benzene rings is 1. The molecule has 1 aromatic carbocycles. The van der Waals surface area contributed by atoms with E-state index in [-0.39, 0.29) is 12.5 Å². The molecule has 0 aliphatic heterocycles. The number of nitrogens with one attached hydrogen (secondary N) is 1. The van der Waals surface area contributed by atoms with Gasteiger partial charge in [0.1, 0.15) is 0 Å². The van der Waals surface area contributed by atoms with E-state index >= 15 is 0 Å². The summed E-state index contributed by atoms with van der Waals surface area (Å²) in [5.41, 5.74) is 0.749. The molecule has 0 radical (unpaired) electrons. The SMILES string of the molecule is CCN(C(=O)CNS(=O)(=O)N(C)C)c1ccccc1. The lowest BCUT2D eigenvalue weighted by atomic mass is 10.3. The van der Waals surface area contributed by atoms with Crippen LogP contribution < -0.4 is 9.62 Å². The molecular formula is C12H19N3O3S. The normalized spacial score (nSPS) is 11.6. The summed E-state index contributed by atoms with van der Waals surface area (Å²) in [5, 5.41) is 0. The van der Waals surface area contributed by atoms with Crippen LogP contribution in [-0.4, -0.2) is 45.8 Å². The first-order valence-corrected chi connectivity index (χ1v) is 7.35. The van der Waals surface area contributed by atoms with Gasteiger partial charge in [0.05, 0.1) is 6.54 Å². The zero-order valence-corrected chi connectivity index (χ0v) is 12.1. The lowest BCUT2D eigenvalue weighted by Crippen LogP contribution is -2.43. The van der Waals surface area contributed by atoms with Crippen LogP contribution in [-0.2, 0) is 15.0 Å². The molecule has 106 valence electrons. The van der Waals surface area contributed by atoms with Crippen molar-refractivity contribution in [2.45, 2.75) is 6.92 Å². The van der Waals surface area contributed by atoms with E-state index in [1.165, 1.54) is 19.0 Å². The molecule has 0 unspecified atom stereocenters. The lowest BCUT2D eigenvalue weighted by molar-refractivity contribution is -0.117. The lowest BCUT2D eigenvalue weighted by Gasteiger charge is -2.21. The van der Waals surface area contributed by atoms with Crippen LogP contribution in [0.5, 0.6) is 0 Å². The molecule has 6 nitrogen and oxygen atoms in total. The topological polar surface area (TPSA) is 69.7 Å². The molecular weight excluding hydrogens is 266 g/mol. The number of nitrogens with zero attached hydrogens (tertiary/aromatic N) is 2. The first kappa shape index (κ1) is 15.6. The average Bonchev–Trinajstić information content (AvgIpc) is 2.38. The van der Waals surface area contributed by atoms with Crippen molar-refractivity contribution in [2.75, 3.05) is 32.1 Å². The third-order valence-electron chi connectivity index (χ3n) is 2.57. The number of hydrogen-bond acceptors (Lipinski definition) is 3. The van der Waals surface area contributed by atoms with E-state index in [2.05, 4.69) is 4.72 Å². The molecule has 0 heterocycles. The summed E-state index contributed by atoms with van der Waals surface area (Å²) in [4.78, 5) is 13.6. The summed E-state index contributed by atoms with van der Waals surface area (Å²) in [7, 11) is -0.773. The van der Waals surface area contributed by atoms with Gasteiger partial charge in [-0.25, -0.2) is 0 Å². The van der Waals surface area contributed by atoms with Crippen molar-refractivity contribution in [1.82, 2.24) is 9.03 Å². The maximum Gasteiger partial charge on any atom is 0.279 e. The molecule has 0 saturated heterocycles. The van der Waals surface area contributed by atoms with E-state index in [9.17, 15) is 13.2 Å². The van der Waals surface area contributed by atoms with E-state index < -0.39 is 10.2 Å². The van der Waals surface area contributed by atoms with Crippen LogP contribution in [0.3, 0.4) is 0 Å². The number of rotatable bonds is 6. The van der Waals surface area contributed by atoms with Crippen LogP contribution in [0.4, 0.5) is 5.69 Å². The second kappa shape index (κ2) is 6.65. The van der Waals surface area contributed by atoms with Gasteiger partial charge in [0.2, 0.25) is 5.91 Å². The predicted molar refractivity (Wildman–Crippen MR) is 75.1 cm³/mol. The van der Waals surface area contributed by atoms with Crippen molar-refractivity contribution in [2.24, 2.45) is 0 Å². The Balaban J connectivity index is 2.72. The number of likely N-dealkylation sites (N-methyl/N-ethyl adjacent to an activating group) is 1. The van der Waals surface area contributed by atoms with Crippen LogP contribution in [0.15, 0.2) is 30.3 Å². The largest absolute Gasteiger partial charge is 0.312 e. The van der Waals surface area contributed by atoms with Gasteiger partial charge >= 0.3 is 0 Å². The Kier molecular flexibility index (Phi) is 5.46. The summed E-state index contributed by atoms with van der Waals surface area (Å²) in [6, 6.07) is 9.13. The second-order valence-electron chi connectivity index (χ2n) is 4.08. The van der Waals surface area contributed by atoms with Gasteiger partial charge in [-0.15, -0.1) is 0 Å². The second-order valence-corrected chi connectivity index (χ2v) is 6.05. The first-order valence-electron chi connectivity index (χ1n) is 5.91. The molecule has 19 heavy (non-hydrogen) atoms. The Morgan fingerprint density at radius 1 is 1.21 bits per heavy atom. The van der Waals surface area contributed by atoms with E-state index in [1.54, 1.807) is 0 Å². The van der Waals surface area contributed by atoms with E-state index in [0.717, 1.165) is 9.99 Å². The molecule has 0 saturated carbocycles. The van der Waals surface area contributed by atoms with Crippen molar-refractivity contribution >= 4 is 21.8 Å². The minimum absolute atomic E-state index is 0.261. The van der Waals surface area contributed by atoms with Gasteiger partial charge in [-0.3, -0.25) is 4.79 Å². The van der Waals surface area contributed by atoms with Gasteiger partial charge in [-0.1, -0.05) is 18.2 Å². The number of para-hydroxylation sites is 1. The van der Waals surface area contributed by atoms with Gasteiger partial charge in [0.15, 0.2) is 0 Å². The van der Waals surface area contributed by atoms with Gasteiger partial charge in [0, 0.05) is 26.3 Å². The summed E-state index contributed by atoms with van der Waals surface area (Å²) in [6.07, 6.45) is 0. The van der Waals surface area contributed by atoms with E-state index in [0.29, 0.717) is 6.54 Å². The highest BCUT2D eigenvalue weighted by atomic mass is 32.2. The molecule has 0 atom stereocenters. The number of carbonyl (C=O) groups excluding carboxylic acids is 1. The quantitative estimate of drug-likeness (QED) is 0.824. The molecule has 1 N–H and O–H groups in total. The van der Waals surface area contributed by atoms with E-state index in [1.807, 2.05) is 37.3 Å². The maximum atomic E-state index is 12.0. The van der Waals surface area contributed by atoms with Crippen molar-refractivity contribution in [3.63, 3.8) is 0 Å². The highest BCUT2D eigenvalue weighted by Crippen LogP contribution is 2.12. The first-order chi connectivity index (χ1) is 8.88. The molecule has 0 bridgehead atoms. The monoisotopic (exact) mass is 285 g/mol. The molecule has 0 fully saturated rings. The summed E-state index contributed by atoms with van der Waals surface area (Å²) in [6.45, 7) is 2.06. The van der Waals surface area contributed by atoms with Crippen LogP contribution in [0, 0.1) is 0 Å². The molecule has 0 spiro atoms. The Bertz CT molecular complexity index is 514. The minimum Gasteiger partial charge on any atom is -0.312 e. The molecule has 0 aliphatic carbocycles. The highest BCUT2D eigenvalue weighted by Gasteiger charge is 2.18. The van der Waals surface area contributed by atoms with Crippen LogP contribution in [0.2, 0.25) is 0 Å². The molecule has 0 aliphatic rings. The van der Waals surface area contributed by atoms with Crippen molar-refractivity contribution in [3.05, 3.63) is 30.3 Å². The fraction of sp³-hybridized carbons (Fsp3) is 0.417. The van der Waals surface area contributed by atoms with Crippen LogP contribution in [0.1, 0.15) is 6.92 Å². The van der Waals surface area contributed by atoms with Gasteiger partial charge in [0.25, 0.3) is 10.2 Å². The average molecular weight is 285 g/mol. The Labute approximate surface area is 114 Å². The molecule has 7 heteroatoms. The summed E-state index contributed by atoms with van der Waals surface area (Å²) >= 11 is 0. The summed E-state index contributed by atoms with van der Waals surface area (Å²) < 4.78 is 26.3. The van der Waals surface area contributed by atoms with Crippen molar-refractivity contribution < 1.29 is 13.2 Å². The number of carbonyl (C=O) groups is 1. The van der Waals surface area contributed by atoms with E-state index in [4.69, 9.17) is 0 Å². The smallest absolute Gasteiger partial charge is 0.279 e. The van der Waals surface area contributed by atoms with Crippen LogP contribution in [0.25, 0.3) is 0 Å². The summed E-state index contributed by atoms with van der Waals surface area (Å²) in [5.74, 6) is -0.292. The van der Waals surface area contributed by atoms with Gasteiger partial charge in [-0.05, 0) is 19.1 Å². The third-order valence-corrected chi connectivity index (χ3v) is 4.04. The van der Waals surface area contributed by atoms with Crippen LogP contribution >= 0.6 is 0 Å². The zero-order chi connectivity index (χ0) is 14.5. The Morgan fingerprint density at radius 2 is 1.79 bits per heavy atom. The minimum atomic E-state index is -3.58. The third kappa shape index (κ3) is 4.30. The standard InChI is InChI=1S/C12H19N3O3S/c1-4-15(11-8-6-5-7-9-11)12(16)10-13-19(17,18)14(2)3/h5-9,13H,4,10H2,1-3H3. The fourth-order valence-corrected chi connectivity index (χ4v) is 2.05. The fourth-order valence-electron chi connectivity index (χ4n) is 1.49. The Hall–Kier alpha value is -1.44.